The van der Waals surface area contributed by atoms with Crippen LogP contribution in [0.15, 0.2) is 24.3 Å². The molecule has 0 aromatic heterocycles. The van der Waals surface area contributed by atoms with E-state index in [0.717, 1.165) is 77.0 Å². The van der Waals surface area contributed by atoms with Crippen LogP contribution in [0.25, 0.3) is 0 Å². The van der Waals surface area contributed by atoms with E-state index in [1.54, 1.807) is 0 Å². The number of unbranched alkanes of at least 4 members (excludes halogenated alkanes) is 51. The Labute approximate surface area is 487 Å². The second kappa shape index (κ2) is 67.4. The fourth-order valence-electron chi connectivity index (χ4n) is 10.9. The highest BCUT2D eigenvalue weighted by molar-refractivity contribution is 5.71. The van der Waals surface area contributed by atoms with Gasteiger partial charge in [-0.15, -0.1) is 0 Å². The van der Waals surface area contributed by atoms with Gasteiger partial charge in [-0.05, 0) is 51.4 Å². The van der Waals surface area contributed by atoms with E-state index in [0.29, 0.717) is 19.3 Å². The summed E-state index contributed by atoms with van der Waals surface area (Å²) in [5.41, 5.74) is 0. The van der Waals surface area contributed by atoms with Crippen molar-refractivity contribution in [3.8, 4) is 0 Å². The number of hydrogen-bond acceptors (Lipinski definition) is 6. The zero-order valence-corrected chi connectivity index (χ0v) is 53.0. The topological polar surface area (TPSA) is 78.9 Å². The molecule has 0 aliphatic heterocycles. The lowest BCUT2D eigenvalue weighted by atomic mass is 10.0. The zero-order chi connectivity index (χ0) is 56.4. The maximum absolute atomic E-state index is 12.9. The van der Waals surface area contributed by atoms with Crippen LogP contribution in [0.5, 0.6) is 0 Å². The van der Waals surface area contributed by atoms with Gasteiger partial charge in [-0.3, -0.25) is 14.4 Å². The third-order valence-corrected chi connectivity index (χ3v) is 16.2. The minimum atomic E-state index is -0.774. The van der Waals surface area contributed by atoms with E-state index in [4.69, 9.17) is 14.2 Å². The van der Waals surface area contributed by atoms with Gasteiger partial charge in [0.2, 0.25) is 0 Å². The molecule has 0 spiro atoms. The fourth-order valence-corrected chi connectivity index (χ4v) is 10.9. The highest BCUT2D eigenvalue weighted by atomic mass is 16.6. The van der Waals surface area contributed by atoms with E-state index in [-0.39, 0.29) is 31.1 Å². The van der Waals surface area contributed by atoms with E-state index >= 15 is 0 Å². The molecule has 0 aliphatic rings. The van der Waals surface area contributed by atoms with E-state index in [1.165, 1.54) is 283 Å². The quantitative estimate of drug-likeness (QED) is 0.0261. The van der Waals surface area contributed by atoms with Crippen molar-refractivity contribution in [3.63, 3.8) is 0 Å². The maximum Gasteiger partial charge on any atom is 0.306 e. The Morgan fingerprint density at radius 2 is 0.462 bits per heavy atom. The molecule has 0 rings (SSSR count). The third-order valence-electron chi connectivity index (χ3n) is 16.2. The van der Waals surface area contributed by atoms with Crippen LogP contribution in [-0.2, 0) is 28.6 Å². The SMILES string of the molecule is CCCCC/C=C\C/C=C\CCCCCCCC(=O)OC(COC(=O)CCCCCCCCCCCC)COC(=O)CCCCCCCCCCCCCCCCCCCCCCCCCCCCCCCCCCCCC. The largest absolute Gasteiger partial charge is 0.462 e. The maximum atomic E-state index is 12.9. The molecule has 0 N–H and O–H groups in total. The summed E-state index contributed by atoms with van der Waals surface area (Å²) in [6.07, 6.45) is 82.4. The predicted octanol–water partition coefficient (Wildman–Crippen LogP) is 24.2. The molecule has 0 aromatic carbocycles. The molecule has 0 bridgehead atoms. The number of hydrogen-bond donors (Lipinski definition) is 0. The van der Waals surface area contributed by atoms with E-state index in [2.05, 4.69) is 45.1 Å². The summed E-state index contributed by atoms with van der Waals surface area (Å²) < 4.78 is 16.9. The van der Waals surface area contributed by atoms with Gasteiger partial charge in [0.15, 0.2) is 6.10 Å². The minimum absolute atomic E-state index is 0.0715. The number of rotatable bonds is 66. The molecule has 0 heterocycles. The minimum Gasteiger partial charge on any atom is -0.462 e. The predicted molar refractivity (Wildman–Crippen MR) is 340 cm³/mol. The van der Waals surface area contributed by atoms with Gasteiger partial charge in [0, 0.05) is 19.3 Å². The average Bonchev–Trinajstić information content (AvgIpc) is 3.44. The number of allylic oxidation sites excluding steroid dienone is 4. The molecular formula is C72H136O6. The summed E-state index contributed by atoms with van der Waals surface area (Å²) in [4.78, 5) is 38.2. The monoisotopic (exact) mass is 1100 g/mol. The standard InChI is InChI=1S/C72H136O6/c1-4-7-10-13-16-19-22-24-26-27-28-29-30-31-32-33-34-35-36-37-38-39-40-41-42-43-44-45-47-48-50-53-56-59-62-65-71(74)77-68-69(67-76-70(73)64-61-58-55-52-21-18-15-12-9-6-3)78-72(75)66-63-60-57-54-51-49-46-25-23-20-17-14-11-8-5-2/h17,20,25,46,69H,4-16,18-19,21-24,26-45,47-68H2,1-3H3/b20-17-,46-25-. The van der Waals surface area contributed by atoms with E-state index in [9.17, 15) is 14.4 Å². The molecule has 1 unspecified atom stereocenters. The molecule has 460 valence electrons. The van der Waals surface area contributed by atoms with Crippen molar-refractivity contribution in [1.29, 1.82) is 0 Å². The van der Waals surface area contributed by atoms with Crippen LogP contribution in [0, 0.1) is 0 Å². The third kappa shape index (κ3) is 64.7. The molecule has 0 fully saturated rings. The first-order chi connectivity index (χ1) is 38.5. The summed E-state index contributed by atoms with van der Waals surface area (Å²) in [5, 5.41) is 0. The van der Waals surface area contributed by atoms with Gasteiger partial charge >= 0.3 is 17.9 Å². The molecular weight excluding hydrogens is 961 g/mol. The molecule has 6 heteroatoms. The normalized spacial score (nSPS) is 12.1. The fraction of sp³-hybridized carbons (Fsp3) is 0.903. The molecule has 0 aliphatic carbocycles. The molecule has 0 radical (unpaired) electrons. The summed E-state index contributed by atoms with van der Waals surface area (Å²) in [6.45, 7) is 6.65. The Hall–Kier alpha value is -2.11. The van der Waals surface area contributed by atoms with Crippen molar-refractivity contribution in [2.24, 2.45) is 0 Å². The van der Waals surface area contributed by atoms with Crippen molar-refractivity contribution < 1.29 is 28.6 Å². The van der Waals surface area contributed by atoms with Gasteiger partial charge in [-0.25, -0.2) is 0 Å². The van der Waals surface area contributed by atoms with Crippen molar-refractivity contribution in [3.05, 3.63) is 24.3 Å². The lowest BCUT2D eigenvalue weighted by Crippen LogP contribution is -2.30. The van der Waals surface area contributed by atoms with Gasteiger partial charge in [0.25, 0.3) is 0 Å². The van der Waals surface area contributed by atoms with E-state index in [1.807, 2.05) is 0 Å². The molecule has 0 amide bonds. The van der Waals surface area contributed by atoms with Gasteiger partial charge in [-0.2, -0.15) is 0 Å². The van der Waals surface area contributed by atoms with Crippen molar-refractivity contribution in [1.82, 2.24) is 0 Å². The number of esters is 3. The Morgan fingerprint density at radius 1 is 0.256 bits per heavy atom. The number of carbonyl (C=O) groups is 3. The van der Waals surface area contributed by atoms with Crippen LogP contribution >= 0.6 is 0 Å². The lowest BCUT2D eigenvalue weighted by molar-refractivity contribution is -0.167. The Bertz CT molecular complexity index is 1260. The second-order valence-corrected chi connectivity index (χ2v) is 24.2. The van der Waals surface area contributed by atoms with Crippen molar-refractivity contribution >= 4 is 17.9 Å². The molecule has 0 aromatic rings. The van der Waals surface area contributed by atoms with Gasteiger partial charge in [-0.1, -0.05) is 353 Å². The summed E-state index contributed by atoms with van der Waals surface area (Å²) in [7, 11) is 0. The number of carbonyl (C=O) groups excluding carboxylic acids is 3. The summed E-state index contributed by atoms with van der Waals surface area (Å²) in [5.74, 6) is -0.862. The highest BCUT2D eigenvalue weighted by Gasteiger charge is 2.19. The molecule has 0 saturated heterocycles. The van der Waals surface area contributed by atoms with Crippen LogP contribution < -0.4 is 0 Å². The van der Waals surface area contributed by atoms with Gasteiger partial charge in [0.05, 0.1) is 0 Å². The molecule has 0 saturated carbocycles. The van der Waals surface area contributed by atoms with Crippen LogP contribution in [0.3, 0.4) is 0 Å². The first-order valence-corrected chi connectivity index (χ1v) is 35.3. The Balaban J connectivity index is 3.97. The van der Waals surface area contributed by atoms with Crippen LogP contribution in [-0.4, -0.2) is 37.2 Å². The molecule has 6 nitrogen and oxygen atoms in total. The first kappa shape index (κ1) is 75.9. The van der Waals surface area contributed by atoms with Gasteiger partial charge < -0.3 is 14.2 Å². The smallest absolute Gasteiger partial charge is 0.306 e. The summed E-state index contributed by atoms with van der Waals surface area (Å²) in [6, 6.07) is 0. The van der Waals surface area contributed by atoms with E-state index < -0.39 is 6.10 Å². The Morgan fingerprint density at radius 3 is 0.731 bits per heavy atom. The first-order valence-electron chi connectivity index (χ1n) is 35.3. The summed E-state index contributed by atoms with van der Waals surface area (Å²) >= 11 is 0. The molecule has 1 atom stereocenters. The Kier molecular flexibility index (Phi) is 65.6. The lowest BCUT2D eigenvalue weighted by Gasteiger charge is -2.18. The number of ether oxygens (including phenoxy) is 3. The molecule has 78 heavy (non-hydrogen) atoms. The average molecular weight is 1100 g/mol. The van der Waals surface area contributed by atoms with Crippen molar-refractivity contribution in [2.45, 2.75) is 406 Å². The van der Waals surface area contributed by atoms with Crippen LogP contribution in [0.2, 0.25) is 0 Å². The highest BCUT2D eigenvalue weighted by Crippen LogP contribution is 2.19. The van der Waals surface area contributed by atoms with Crippen LogP contribution in [0.1, 0.15) is 400 Å². The zero-order valence-electron chi connectivity index (χ0n) is 53.0. The van der Waals surface area contributed by atoms with Gasteiger partial charge in [0.1, 0.15) is 13.2 Å². The van der Waals surface area contributed by atoms with Crippen molar-refractivity contribution in [2.75, 3.05) is 13.2 Å². The van der Waals surface area contributed by atoms with Crippen LogP contribution in [0.4, 0.5) is 0 Å². The second-order valence-electron chi connectivity index (χ2n) is 24.2.